The molecule has 23 heavy (non-hydrogen) atoms. The predicted molar refractivity (Wildman–Crippen MR) is 92.2 cm³/mol. The number of carbonyl (C=O) groups is 1. The Morgan fingerprint density at radius 3 is 2.78 bits per heavy atom. The Bertz CT molecular complexity index is 632. The molecule has 1 aromatic carbocycles. The van der Waals surface area contributed by atoms with E-state index in [1.54, 1.807) is 12.1 Å². The van der Waals surface area contributed by atoms with Crippen LogP contribution in [0.25, 0.3) is 0 Å². The van der Waals surface area contributed by atoms with Crippen LogP contribution < -0.4 is 0 Å². The highest BCUT2D eigenvalue weighted by atomic mass is 16.5. The first-order chi connectivity index (χ1) is 11.0. The van der Waals surface area contributed by atoms with Crippen molar-refractivity contribution in [2.45, 2.75) is 33.6 Å². The number of hydrogen-bond donors (Lipinski definition) is 1. The molecule has 0 fully saturated rings. The first-order valence-corrected chi connectivity index (χ1v) is 8.13. The number of phenolic OH excluding ortho intramolecular Hbond substituents is 1. The maximum Gasteiger partial charge on any atom is 0.164 e. The second-order valence-corrected chi connectivity index (χ2v) is 5.99. The van der Waals surface area contributed by atoms with Crippen molar-refractivity contribution in [3.63, 3.8) is 0 Å². The van der Waals surface area contributed by atoms with Crippen LogP contribution in [0.4, 0.5) is 0 Å². The molecule has 0 aromatic heterocycles. The summed E-state index contributed by atoms with van der Waals surface area (Å²) in [4.78, 5) is 17.1. The van der Waals surface area contributed by atoms with E-state index in [1.807, 2.05) is 32.9 Å². The van der Waals surface area contributed by atoms with Crippen molar-refractivity contribution in [1.29, 1.82) is 0 Å². The summed E-state index contributed by atoms with van der Waals surface area (Å²) in [6.07, 6.45) is 3.25. The normalized spacial score (nSPS) is 15.3. The third-order valence-electron chi connectivity index (χ3n) is 4.18. The third-order valence-corrected chi connectivity index (χ3v) is 4.18. The smallest absolute Gasteiger partial charge is 0.164 e. The second-order valence-electron chi connectivity index (χ2n) is 5.99. The van der Waals surface area contributed by atoms with E-state index in [4.69, 9.17) is 4.74 Å². The van der Waals surface area contributed by atoms with Crippen LogP contribution >= 0.6 is 0 Å². The summed E-state index contributed by atoms with van der Waals surface area (Å²) in [7, 11) is 0. The summed E-state index contributed by atoms with van der Waals surface area (Å²) in [5.41, 5.74) is 3.80. The number of hydrogen-bond acceptors (Lipinski definition) is 4. The highest BCUT2D eigenvalue weighted by Gasteiger charge is 2.24. The highest BCUT2D eigenvalue weighted by Crippen LogP contribution is 2.23. The summed E-state index contributed by atoms with van der Waals surface area (Å²) >= 11 is 0. The molecule has 124 valence electrons. The Hall–Kier alpha value is -1.94. The molecule has 0 bridgehead atoms. The van der Waals surface area contributed by atoms with Gasteiger partial charge in [0.2, 0.25) is 0 Å². The first-order valence-electron chi connectivity index (χ1n) is 8.13. The lowest BCUT2D eigenvalue weighted by Crippen LogP contribution is -2.22. The number of carbonyl (C=O) groups excluding carboxylic acids is 1. The summed E-state index contributed by atoms with van der Waals surface area (Å²) in [6, 6.07) is 5.31. The fraction of sp³-hybridized carbons (Fsp3) is 0.474. The van der Waals surface area contributed by atoms with Crippen molar-refractivity contribution in [1.82, 2.24) is 0 Å². The van der Waals surface area contributed by atoms with Gasteiger partial charge in [-0.2, -0.15) is 0 Å². The Kier molecular flexibility index (Phi) is 6.11. The number of aliphatic imine (C=N–C) groups is 1. The van der Waals surface area contributed by atoms with E-state index in [2.05, 4.69) is 4.99 Å². The Morgan fingerprint density at radius 1 is 1.39 bits per heavy atom. The molecule has 1 aromatic rings. The summed E-state index contributed by atoms with van der Waals surface area (Å²) in [6.45, 7) is 7.56. The van der Waals surface area contributed by atoms with Gasteiger partial charge in [0.25, 0.3) is 0 Å². The van der Waals surface area contributed by atoms with Crippen LogP contribution in [0, 0.1) is 12.8 Å². The van der Waals surface area contributed by atoms with Gasteiger partial charge in [0.05, 0.1) is 6.54 Å². The van der Waals surface area contributed by atoms with E-state index >= 15 is 0 Å². The number of ketones is 1. The van der Waals surface area contributed by atoms with Crippen LogP contribution in [0.3, 0.4) is 0 Å². The monoisotopic (exact) mass is 315 g/mol. The Labute approximate surface area is 137 Å². The molecule has 1 heterocycles. The van der Waals surface area contributed by atoms with Crippen molar-refractivity contribution in [2.24, 2.45) is 10.9 Å². The van der Waals surface area contributed by atoms with E-state index < -0.39 is 0 Å². The summed E-state index contributed by atoms with van der Waals surface area (Å²) in [5.74, 6) is 0.306. The van der Waals surface area contributed by atoms with Crippen LogP contribution in [0.1, 0.15) is 31.4 Å². The zero-order valence-electron chi connectivity index (χ0n) is 14.1. The lowest BCUT2D eigenvalue weighted by molar-refractivity contribution is -0.119. The predicted octanol–water partition coefficient (Wildman–Crippen LogP) is 3.26. The van der Waals surface area contributed by atoms with E-state index in [0.29, 0.717) is 32.6 Å². The topological polar surface area (TPSA) is 58.9 Å². The largest absolute Gasteiger partial charge is 0.508 e. The zero-order chi connectivity index (χ0) is 16.8. The molecule has 1 N–H and O–H groups in total. The SMILES string of the molecule is CCOCCC(Cc1ccc(O)cc1C)C(=O)C1=CC(C)=NC1. The van der Waals surface area contributed by atoms with Crippen molar-refractivity contribution in [2.75, 3.05) is 19.8 Å². The number of Topliss-reactive ketones (excluding diaryl/α,β-unsaturated/α-hetero) is 1. The average Bonchev–Trinajstić information content (AvgIpc) is 2.94. The van der Waals surface area contributed by atoms with Gasteiger partial charge in [-0.1, -0.05) is 6.07 Å². The molecule has 1 unspecified atom stereocenters. The minimum Gasteiger partial charge on any atom is -0.508 e. The van der Waals surface area contributed by atoms with Crippen molar-refractivity contribution < 1.29 is 14.6 Å². The number of aromatic hydroxyl groups is 1. The minimum absolute atomic E-state index is 0.114. The lowest BCUT2D eigenvalue weighted by Gasteiger charge is -2.18. The maximum absolute atomic E-state index is 12.8. The fourth-order valence-electron chi connectivity index (χ4n) is 2.83. The van der Waals surface area contributed by atoms with Crippen LogP contribution in [0.15, 0.2) is 34.8 Å². The molecule has 1 atom stereocenters. The number of aryl methyl sites for hydroxylation is 1. The molecule has 2 rings (SSSR count). The Morgan fingerprint density at radius 2 is 2.17 bits per heavy atom. The van der Waals surface area contributed by atoms with Crippen LogP contribution in [0.5, 0.6) is 5.75 Å². The number of allylic oxidation sites excluding steroid dienone is 1. The number of benzene rings is 1. The van der Waals surface area contributed by atoms with Crippen molar-refractivity contribution in [3.8, 4) is 5.75 Å². The first kappa shape index (κ1) is 17.4. The van der Waals surface area contributed by atoms with Gasteiger partial charge in [-0.15, -0.1) is 0 Å². The number of rotatable bonds is 8. The fourth-order valence-corrected chi connectivity index (χ4v) is 2.83. The van der Waals surface area contributed by atoms with E-state index in [0.717, 1.165) is 22.4 Å². The molecule has 0 saturated carbocycles. The zero-order valence-corrected chi connectivity index (χ0v) is 14.1. The number of ether oxygens (including phenoxy) is 1. The minimum atomic E-state index is -0.114. The van der Waals surface area contributed by atoms with Crippen LogP contribution in [-0.4, -0.2) is 36.4 Å². The van der Waals surface area contributed by atoms with Gasteiger partial charge >= 0.3 is 0 Å². The van der Waals surface area contributed by atoms with Gasteiger partial charge in [-0.05, 0) is 62.9 Å². The molecule has 4 heteroatoms. The molecule has 0 amide bonds. The van der Waals surface area contributed by atoms with Crippen LogP contribution in [0.2, 0.25) is 0 Å². The average molecular weight is 315 g/mol. The molecule has 1 aliphatic heterocycles. The van der Waals surface area contributed by atoms with Gasteiger partial charge < -0.3 is 9.84 Å². The molecule has 0 spiro atoms. The van der Waals surface area contributed by atoms with Gasteiger partial charge in [0.1, 0.15) is 5.75 Å². The molecule has 0 aliphatic carbocycles. The quantitative estimate of drug-likeness (QED) is 0.749. The van der Waals surface area contributed by atoms with Crippen LogP contribution in [-0.2, 0) is 16.0 Å². The van der Waals surface area contributed by atoms with Gasteiger partial charge in [0.15, 0.2) is 5.78 Å². The number of phenols is 1. The molecule has 0 saturated heterocycles. The molecular formula is C19H25NO3. The molecule has 0 radical (unpaired) electrons. The van der Waals surface area contributed by atoms with E-state index in [9.17, 15) is 9.90 Å². The van der Waals surface area contributed by atoms with E-state index in [1.165, 1.54) is 0 Å². The maximum atomic E-state index is 12.8. The molecule has 1 aliphatic rings. The molecular weight excluding hydrogens is 290 g/mol. The second kappa shape index (κ2) is 8.06. The van der Waals surface area contributed by atoms with Gasteiger partial charge in [0, 0.05) is 30.4 Å². The van der Waals surface area contributed by atoms with Gasteiger partial charge in [-0.25, -0.2) is 0 Å². The molecule has 4 nitrogen and oxygen atoms in total. The Balaban J connectivity index is 2.13. The van der Waals surface area contributed by atoms with Crippen molar-refractivity contribution in [3.05, 3.63) is 41.0 Å². The summed E-state index contributed by atoms with van der Waals surface area (Å²) in [5, 5.41) is 9.54. The summed E-state index contributed by atoms with van der Waals surface area (Å²) < 4.78 is 5.44. The standard InChI is InChI=1S/C19H25NO3/c1-4-23-8-7-16(19(22)17-10-14(3)20-12-17)11-15-5-6-18(21)9-13(15)2/h5-6,9-10,16,21H,4,7-8,11-12H2,1-3H3. The lowest BCUT2D eigenvalue weighted by atomic mass is 9.87. The highest BCUT2D eigenvalue weighted by molar-refractivity contribution is 6.07. The third kappa shape index (κ3) is 4.76. The van der Waals surface area contributed by atoms with Crippen molar-refractivity contribution >= 4 is 11.5 Å². The van der Waals surface area contributed by atoms with Gasteiger partial charge in [-0.3, -0.25) is 9.79 Å². The van der Waals surface area contributed by atoms with E-state index in [-0.39, 0.29) is 17.5 Å². The number of nitrogens with zero attached hydrogens (tertiary/aromatic N) is 1.